The summed E-state index contributed by atoms with van der Waals surface area (Å²) in [6, 6.07) is 4.38. The number of nitrogens with two attached hydrogens (primary N) is 1. The minimum Gasteiger partial charge on any atom is -0.478 e. The van der Waals surface area contributed by atoms with Gasteiger partial charge in [-0.2, -0.15) is 0 Å². The molecule has 29 heavy (non-hydrogen) atoms. The Morgan fingerprint density at radius 2 is 1.28 bits per heavy atom. The molecule has 1 aromatic carbocycles. The second-order valence-corrected chi connectivity index (χ2v) is 8.04. The van der Waals surface area contributed by atoms with Crippen molar-refractivity contribution < 1.29 is 33.3 Å². The Balaban J connectivity index is 0.00000784. The first kappa shape index (κ1) is 26.7. The number of hydrogen-bond donors (Lipinski definition) is 1. The topological polar surface area (TPSA) is 114 Å². The van der Waals surface area contributed by atoms with Crippen LogP contribution in [0.4, 0.5) is 0 Å². The first-order valence-electron chi connectivity index (χ1n) is 8.87. The third-order valence-corrected chi connectivity index (χ3v) is 2.98. The van der Waals surface area contributed by atoms with Gasteiger partial charge in [-0.15, -0.1) is 12.4 Å². The zero-order valence-electron chi connectivity index (χ0n) is 17.7. The number of benzene rings is 1. The smallest absolute Gasteiger partial charge is 0.344 e. The van der Waals surface area contributed by atoms with Gasteiger partial charge in [0, 0.05) is 5.56 Å². The van der Waals surface area contributed by atoms with E-state index in [0.717, 1.165) is 0 Å². The molecule has 0 bridgehead atoms. The van der Waals surface area contributed by atoms with Gasteiger partial charge in [-0.1, -0.05) is 0 Å². The van der Waals surface area contributed by atoms with Crippen LogP contribution in [-0.2, 0) is 19.1 Å². The third kappa shape index (κ3) is 10.7. The summed E-state index contributed by atoms with van der Waals surface area (Å²) >= 11 is 0. The molecule has 0 saturated carbocycles. The molecule has 0 aromatic heterocycles. The predicted octanol–water partition coefficient (Wildman–Crippen LogP) is 2.69. The minimum absolute atomic E-state index is 0. The highest BCUT2D eigenvalue weighted by Gasteiger charge is 2.20. The molecule has 164 valence electrons. The zero-order chi connectivity index (χ0) is 21.5. The molecular formula is C20H30ClNO7. The fourth-order valence-corrected chi connectivity index (χ4v) is 2.05. The Morgan fingerprint density at radius 1 is 0.828 bits per heavy atom. The van der Waals surface area contributed by atoms with Crippen LogP contribution < -0.4 is 15.2 Å². The summed E-state index contributed by atoms with van der Waals surface area (Å²) in [6.07, 6.45) is 0. The van der Waals surface area contributed by atoms with Gasteiger partial charge in [0.1, 0.15) is 11.2 Å². The van der Waals surface area contributed by atoms with E-state index in [4.69, 9.17) is 24.7 Å². The number of ether oxygens (including phenoxy) is 4. The number of esters is 2. The molecule has 0 aliphatic rings. The average Bonchev–Trinajstić information content (AvgIpc) is 2.54. The lowest BCUT2D eigenvalue weighted by Crippen LogP contribution is -2.28. The highest BCUT2D eigenvalue weighted by molar-refractivity contribution is 5.98. The van der Waals surface area contributed by atoms with Crippen molar-refractivity contribution in [1.29, 1.82) is 0 Å². The lowest BCUT2D eigenvalue weighted by atomic mass is 10.1. The van der Waals surface area contributed by atoms with Crippen molar-refractivity contribution in [2.75, 3.05) is 19.8 Å². The predicted molar refractivity (Wildman–Crippen MR) is 110 cm³/mol. The normalized spacial score (nSPS) is 11.1. The molecule has 0 spiro atoms. The van der Waals surface area contributed by atoms with Crippen molar-refractivity contribution in [1.82, 2.24) is 0 Å². The molecule has 0 fully saturated rings. The van der Waals surface area contributed by atoms with Gasteiger partial charge in [0.2, 0.25) is 0 Å². The molecule has 8 nitrogen and oxygen atoms in total. The van der Waals surface area contributed by atoms with Gasteiger partial charge in [0.25, 0.3) is 0 Å². The van der Waals surface area contributed by atoms with E-state index >= 15 is 0 Å². The van der Waals surface area contributed by atoms with Crippen molar-refractivity contribution in [2.24, 2.45) is 5.73 Å². The number of carbonyl (C=O) groups excluding carboxylic acids is 3. The minimum atomic E-state index is -0.659. The summed E-state index contributed by atoms with van der Waals surface area (Å²) in [7, 11) is 0. The van der Waals surface area contributed by atoms with E-state index in [0.29, 0.717) is 5.56 Å². The van der Waals surface area contributed by atoms with Crippen LogP contribution >= 0.6 is 12.4 Å². The Labute approximate surface area is 177 Å². The first-order chi connectivity index (χ1) is 12.8. The maximum Gasteiger partial charge on any atom is 0.344 e. The number of hydrogen-bond acceptors (Lipinski definition) is 8. The first-order valence-corrected chi connectivity index (χ1v) is 8.87. The Morgan fingerprint density at radius 3 is 1.69 bits per heavy atom. The van der Waals surface area contributed by atoms with Gasteiger partial charge in [-0.3, -0.25) is 4.79 Å². The quantitative estimate of drug-likeness (QED) is 0.493. The fraction of sp³-hybridized carbons (Fsp3) is 0.550. The molecule has 0 atom stereocenters. The maximum absolute atomic E-state index is 11.9. The third-order valence-electron chi connectivity index (χ3n) is 2.98. The van der Waals surface area contributed by atoms with E-state index < -0.39 is 23.1 Å². The molecule has 0 aliphatic heterocycles. The summed E-state index contributed by atoms with van der Waals surface area (Å²) in [5.41, 5.74) is 4.38. The highest BCUT2D eigenvalue weighted by Crippen LogP contribution is 2.29. The molecule has 2 N–H and O–H groups in total. The summed E-state index contributed by atoms with van der Waals surface area (Å²) in [6.45, 7) is 9.52. The van der Waals surface area contributed by atoms with Gasteiger partial charge in [0.15, 0.2) is 30.5 Å². The van der Waals surface area contributed by atoms with Crippen LogP contribution in [0.5, 0.6) is 11.5 Å². The monoisotopic (exact) mass is 431 g/mol. The summed E-state index contributed by atoms with van der Waals surface area (Å²) in [4.78, 5) is 35.6. The van der Waals surface area contributed by atoms with Crippen molar-refractivity contribution in [3.63, 3.8) is 0 Å². The second-order valence-electron chi connectivity index (χ2n) is 8.04. The second kappa shape index (κ2) is 11.0. The van der Waals surface area contributed by atoms with Crippen molar-refractivity contribution in [3.05, 3.63) is 23.8 Å². The van der Waals surface area contributed by atoms with Crippen LogP contribution in [-0.4, -0.2) is 48.7 Å². The molecular weight excluding hydrogens is 402 g/mol. The summed E-state index contributed by atoms with van der Waals surface area (Å²) in [5.74, 6) is -1.15. The molecule has 1 rings (SSSR count). The van der Waals surface area contributed by atoms with E-state index in [-0.39, 0.29) is 49.4 Å². The number of Topliss-reactive ketones (excluding diaryl/α,β-unsaturated/α-hetero) is 1. The molecule has 9 heteroatoms. The Hall–Kier alpha value is -2.32. The lowest BCUT2D eigenvalue weighted by Gasteiger charge is -2.21. The Bertz CT molecular complexity index is 721. The molecule has 1 aromatic rings. The van der Waals surface area contributed by atoms with Crippen LogP contribution in [0.2, 0.25) is 0 Å². The standard InChI is InChI=1S/C20H29NO7.ClH/c1-19(2,3)27-17(23)11-25-15-8-7-13(14(22)10-21)9-16(15)26-12-18(24)28-20(4,5)6;/h7-9H,10-12,21H2,1-6H3;1H. The van der Waals surface area contributed by atoms with Crippen LogP contribution in [0.15, 0.2) is 18.2 Å². The van der Waals surface area contributed by atoms with E-state index in [1.54, 1.807) is 41.5 Å². The molecule has 0 radical (unpaired) electrons. The Kier molecular flexibility index (Phi) is 10.1. The van der Waals surface area contributed by atoms with E-state index in [1.807, 2.05) is 0 Å². The molecule has 0 heterocycles. The SMILES string of the molecule is CC(C)(C)OC(=O)COc1ccc(C(=O)CN)cc1OCC(=O)OC(C)(C)C.Cl. The van der Waals surface area contributed by atoms with Gasteiger partial charge in [-0.25, -0.2) is 9.59 Å². The maximum atomic E-state index is 11.9. The van der Waals surface area contributed by atoms with Crippen LogP contribution in [0.25, 0.3) is 0 Å². The number of carbonyl (C=O) groups is 3. The lowest BCUT2D eigenvalue weighted by molar-refractivity contribution is -0.158. The highest BCUT2D eigenvalue weighted by atomic mass is 35.5. The molecule has 0 unspecified atom stereocenters. The van der Waals surface area contributed by atoms with Crippen molar-refractivity contribution in [2.45, 2.75) is 52.7 Å². The van der Waals surface area contributed by atoms with Gasteiger partial charge >= 0.3 is 11.9 Å². The largest absolute Gasteiger partial charge is 0.478 e. The van der Waals surface area contributed by atoms with Crippen LogP contribution in [0.3, 0.4) is 0 Å². The van der Waals surface area contributed by atoms with Gasteiger partial charge in [-0.05, 0) is 59.7 Å². The average molecular weight is 432 g/mol. The van der Waals surface area contributed by atoms with Gasteiger partial charge in [0.05, 0.1) is 6.54 Å². The number of rotatable bonds is 8. The fourth-order valence-electron chi connectivity index (χ4n) is 2.05. The summed E-state index contributed by atoms with van der Waals surface area (Å²) < 4.78 is 21.3. The van der Waals surface area contributed by atoms with Crippen molar-refractivity contribution >= 4 is 30.1 Å². The van der Waals surface area contributed by atoms with E-state index in [2.05, 4.69) is 0 Å². The molecule has 0 saturated heterocycles. The van der Waals surface area contributed by atoms with Gasteiger partial charge < -0.3 is 24.7 Å². The van der Waals surface area contributed by atoms with E-state index in [1.165, 1.54) is 18.2 Å². The molecule has 0 aliphatic carbocycles. The zero-order valence-corrected chi connectivity index (χ0v) is 18.5. The van der Waals surface area contributed by atoms with Crippen molar-refractivity contribution in [3.8, 4) is 11.5 Å². The van der Waals surface area contributed by atoms with E-state index in [9.17, 15) is 14.4 Å². The number of halogens is 1. The number of ketones is 1. The summed E-state index contributed by atoms with van der Waals surface area (Å²) in [5, 5.41) is 0. The molecule has 0 amide bonds. The van der Waals surface area contributed by atoms with Crippen LogP contribution in [0.1, 0.15) is 51.9 Å². The van der Waals surface area contributed by atoms with Crippen LogP contribution in [0, 0.1) is 0 Å².